The van der Waals surface area contributed by atoms with Crippen LogP contribution in [0.4, 0.5) is 8.78 Å². The number of H-pyrrole nitrogens is 1. The molecule has 6 nitrogen and oxygen atoms in total. The van der Waals surface area contributed by atoms with Gasteiger partial charge in [-0.15, -0.1) is 0 Å². The summed E-state index contributed by atoms with van der Waals surface area (Å²) in [7, 11) is 1.63. The number of benzene rings is 1. The molecule has 4 aromatic rings. The Morgan fingerprint density at radius 1 is 1.19 bits per heavy atom. The highest BCUT2D eigenvalue weighted by atomic mass is 79.9. The van der Waals surface area contributed by atoms with Crippen molar-refractivity contribution in [3.63, 3.8) is 0 Å². The van der Waals surface area contributed by atoms with Crippen LogP contribution in [0.1, 0.15) is 27.7 Å². The summed E-state index contributed by atoms with van der Waals surface area (Å²) in [6.45, 7) is 0.274. The number of carbonyl (C=O) groups excluding carboxylic acids is 1. The normalized spacial score (nSPS) is 15.9. The molecule has 0 saturated heterocycles. The lowest BCUT2D eigenvalue weighted by Gasteiger charge is -2.33. The van der Waals surface area contributed by atoms with Crippen LogP contribution >= 0.6 is 15.9 Å². The number of fused-ring (bicyclic) bond motifs is 4. The standard InChI is InChI=1S/C22H16BrF2N3O3/c1-27(22(30)11-4-13-3-2-12(23)8-28(13)7-11)19-10-31-9-18-20(19)14-5-16(24)17(25)6-15(14)21(29)26-18/h2-8,19H,9-10H2,1H3,(H,26,29). The lowest BCUT2D eigenvalue weighted by atomic mass is 9.95. The Kier molecular flexibility index (Phi) is 4.67. The zero-order chi connectivity index (χ0) is 21.9. The van der Waals surface area contributed by atoms with E-state index in [4.69, 9.17) is 4.74 Å². The molecule has 0 radical (unpaired) electrons. The number of rotatable bonds is 2. The molecular formula is C22H16BrF2N3O3. The smallest absolute Gasteiger partial charge is 0.256 e. The first-order chi connectivity index (χ1) is 14.8. The van der Waals surface area contributed by atoms with Crippen LogP contribution in [-0.4, -0.2) is 33.8 Å². The van der Waals surface area contributed by atoms with Gasteiger partial charge < -0.3 is 19.0 Å². The largest absolute Gasteiger partial charge is 0.373 e. The highest BCUT2D eigenvalue weighted by Crippen LogP contribution is 2.34. The third-order valence-electron chi connectivity index (χ3n) is 5.63. The molecule has 3 aromatic heterocycles. The second-order valence-corrected chi connectivity index (χ2v) is 8.43. The van der Waals surface area contributed by atoms with E-state index in [2.05, 4.69) is 20.9 Å². The van der Waals surface area contributed by atoms with Crippen molar-refractivity contribution in [1.82, 2.24) is 14.3 Å². The number of nitrogens with zero attached hydrogens (tertiary/aromatic N) is 2. The van der Waals surface area contributed by atoms with Gasteiger partial charge in [-0.2, -0.15) is 0 Å². The molecule has 1 aromatic carbocycles. The third kappa shape index (κ3) is 3.24. The van der Waals surface area contributed by atoms with Gasteiger partial charge in [-0.1, -0.05) is 0 Å². The Labute approximate surface area is 183 Å². The predicted molar refractivity (Wildman–Crippen MR) is 114 cm³/mol. The van der Waals surface area contributed by atoms with Crippen molar-refractivity contribution in [2.45, 2.75) is 12.6 Å². The number of hydrogen-bond acceptors (Lipinski definition) is 3. The Morgan fingerprint density at radius 3 is 2.71 bits per heavy atom. The molecule has 0 saturated carbocycles. The number of halogens is 3. The molecule has 1 N–H and O–H groups in total. The SMILES string of the molecule is CN(C(=O)c1cc2ccc(Br)cn2c1)C1COCc2[nH]c(=O)c3cc(F)c(F)cc3c21. The van der Waals surface area contributed by atoms with Crippen LogP contribution in [0, 0.1) is 11.6 Å². The van der Waals surface area contributed by atoms with Crippen LogP contribution in [0.15, 0.2) is 52.0 Å². The first-order valence-corrected chi connectivity index (χ1v) is 10.3. The Balaban J connectivity index is 1.61. The summed E-state index contributed by atoms with van der Waals surface area (Å²) in [5.41, 5.74) is 1.80. The average Bonchev–Trinajstić information content (AvgIpc) is 3.17. The Morgan fingerprint density at radius 2 is 1.94 bits per heavy atom. The van der Waals surface area contributed by atoms with Crippen LogP contribution in [0.3, 0.4) is 0 Å². The minimum Gasteiger partial charge on any atom is -0.373 e. The first-order valence-electron chi connectivity index (χ1n) is 9.49. The monoisotopic (exact) mass is 487 g/mol. The number of aromatic nitrogens is 2. The van der Waals surface area contributed by atoms with Crippen molar-refractivity contribution in [3.05, 3.63) is 86.0 Å². The second-order valence-electron chi connectivity index (χ2n) is 7.51. The lowest BCUT2D eigenvalue weighted by molar-refractivity contribution is 0.0336. The van der Waals surface area contributed by atoms with Gasteiger partial charge in [0.15, 0.2) is 11.6 Å². The van der Waals surface area contributed by atoms with Gasteiger partial charge in [-0.05, 0) is 51.6 Å². The van der Waals surface area contributed by atoms with Gasteiger partial charge in [-0.3, -0.25) is 9.59 Å². The van der Waals surface area contributed by atoms with Crippen molar-refractivity contribution in [2.75, 3.05) is 13.7 Å². The lowest BCUT2D eigenvalue weighted by Crippen LogP contribution is -2.37. The molecule has 0 aliphatic carbocycles. The summed E-state index contributed by atoms with van der Waals surface area (Å²) in [5, 5.41) is 0.307. The second kappa shape index (κ2) is 7.28. The maximum absolute atomic E-state index is 14.0. The molecule has 0 fully saturated rings. The van der Waals surface area contributed by atoms with E-state index in [0.29, 0.717) is 16.8 Å². The molecule has 31 heavy (non-hydrogen) atoms. The van der Waals surface area contributed by atoms with Gasteiger partial charge in [0, 0.05) is 40.7 Å². The van der Waals surface area contributed by atoms with E-state index in [9.17, 15) is 18.4 Å². The van der Waals surface area contributed by atoms with Crippen LogP contribution in [0.5, 0.6) is 0 Å². The van der Waals surface area contributed by atoms with Gasteiger partial charge in [0.2, 0.25) is 0 Å². The number of nitrogens with one attached hydrogen (secondary N) is 1. The van der Waals surface area contributed by atoms with Gasteiger partial charge in [0.1, 0.15) is 0 Å². The molecule has 5 rings (SSSR count). The molecule has 0 bridgehead atoms. The van der Waals surface area contributed by atoms with Gasteiger partial charge in [-0.25, -0.2) is 8.78 Å². The van der Waals surface area contributed by atoms with E-state index in [1.54, 1.807) is 19.3 Å². The van der Waals surface area contributed by atoms with Crippen molar-refractivity contribution in [2.24, 2.45) is 0 Å². The van der Waals surface area contributed by atoms with Crippen molar-refractivity contribution in [3.8, 4) is 0 Å². The van der Waals surface area contributed by atoms with E-state index in [0.717, 1.165) is 22.1 Å². The van der Waals surface area contributed by atoms with E-state index < -0.39 is 23.2 Å². The highest BCUT2D eigenvalue weighted by Gasteiger charge is 2.31. The molecular weight excluding hydrogens is 472 g/mol. The number of pyridine rings is 2. The molecule has 1 aliphatic rings. The summed E-state index contributed by atoms with van der Waals surface area (Å²) >= 11 is 3.41. The fourth-order valence-corrected chi connectivity index (χ4v) is 4.44. The number of likely N-dealkylation sites (N-methyl/N-ethyl adjacent to an activating group) is 1. The molecule has 1 amide bonds. The molecule has 0 spiro atoms. The van der Waals surface area contributed by atoms with Gasteiger partial charge in [0.25, 0.3) is 11.5 Å². The van der Waals surface area contributed by atoms with Gasteiger partial charge >= 0.3 is 0 Å². The Bertz CT molecular complexity index is 1430. The molecule has 1 atom stereocenters. The van der Waals surface area contributed by atoms with E-state index in [1.807, 2.05) is 22.7 Å². The van der Waals surface area contributed by atoms with Crippen molar-refractivity contribution < 1.29 is 18.3 Å². The van der Waals surface area contributed by atoms with Crippen LogP contribution in [-0.2, 0) is 11.3 Å². The van der Waals surface area contributed by atoms with Crippen molar-refractivity contribution in [1.29, 1.82) is 0 Å². The number of amides is 1. The molecule has 158 valence electrons. The summed E-state index contributed by atoms with van der Waals surface area (Å²) in [5.74, 6) is -2.41. The van der Waals surface area contributed by atoms with E-state index in [-0.39, 0.29) is 29.9 Å². The predicted octanol–water partition coefficient (Wildman–Crippen LogP) is 4.17. The molecule has 1 unspecified atom stereocenters. The number of aromatic amines is 1. The summed E-state index contributed by atoms with van der Waals surface area (Å²) in [6, 6.07) is 6.85. The zero-order valence-electron chi connectivity index (χ0n) is 16.3. The maximum atomic E-state index is 14.0. The number of carbonyl (C=O) groups is 1. The van der Waals surface area contributed by atoms with Crippen LogP contribution in [0.2, 0.25) is 0 Å². The maximum Gasteiger partial charge on any atom is 0.256 e. The average molecular weight is 488 g/mol. The summed E-state index contributed by atoms with van der Waals surface area (Å²) in [6.07, 6.45) is 3.57. The fraction of sp³-hybridized carbons (Fsp3) is 0.182. The highest BCUT2D eigenvalue weighted by molar-refractivity contribution is 9.10. The van der Waals surface area contributed by atoms with E-state index >= 15 is 0 Å². The topological polar surface area (TPSA) is 66.8 Å². The summed E-state index contributed by atoms with van der Waals surface area (Å²) in [4.78, 5) is 29.8. The first kappa shape index (κ1) is 19.9. The fourth-order valence-electron chi connectivity index (χ4n) is 4.09. The quantitative estimate of drug-likeness (QED) is 0.461. The molecule has 9 heteroatoms. The van der Waals surface area contributed by atoms with Crippen molar-refractivity contribution >= 4 is 38.1 Å². The minimum atomic E-state index is -1.10. The van der Waals surface area contributed by atoms with E-state index in [1.165, 1.54) is 4.90 Å². The zero-order valence-corrected chi connectivity index (χ0v) is 17.9. The number of ether oxygens (including phenoxy) is 1. The van der Waals surface area contributed by atoms with Crippen LogP contribution < -0.4 is 5.56 Å². The van der Waals surface area contributed by atoms with Gasteiger partial charge in [0.05, 0.1) is 30.2 Å². The van der Waals surface area contributed by atoms with Crippen LogP contribution in [0.25, 0.3) is 16.3 Å². The third-order valence-corrected chi connectivity index (χ3v) is 6.10. The summed E-state index contributed by atoms with van der Waals surface area (Å²) < 4.78 is 36.1. The minimum absolute atomic E-state index is 0.0323. The Hall–Kier alpha value is -3.04. The molecule has 1 aliphatic heterocycles. The number of hydrogen-bond donors (Lipinski definition) is 1. The molecule has 4 heterocycles.